The Morgan fingerprint density at radius 2 is 1.79 bits per heavy atom. The SMILES string of the molecule is COc1ccccc1Nc1ccnc(Nc2cc(Cl)ccc2Cl)n1. The maximum atomic E-state index is 6.15. The Labute approximate surface area is 149 Å². The van der Waals surface area contributed by atoms with Gasteiger partial charge in [-0.05, 0) is 36.4 Å². The van der Waals surface area contributed by atoms with Crippen LogP contribution in [0.25, 0.3) is 0 Å². The van der Waals surface area contributed by atoms with Crippen LogP contribution in [0.4, 0.5) is 23.1 Å². The van der Waals surface area contributed by atoms with Crippen LogP contribution in [-0.4, -0.2) is 17.1 Å². The van der Waals surface area contributed by atoms with Crippen molar-refractivity contribution in [1.82, 2.24) is 9.97 Å². The first-order valence-electron chi connectivity index (χ1n) is 7.11. The van der Waals surface area contributed by atoms with Crippen molar-refractivity contribution in [3.05, 3.63) is 64.8 Å². The van der Waals surface area contributed by atoms with Gasteiger partial charge in [0.25, 0.3) is 0 Å². The van der Waals surface area contributed by atoms with E-state index in [9.17, 15) is 0 Å². The molecule has 0 amide bonds. The number of nitrogens with zero attached hydrogens (tertiary/aromatic N) is 2. The summed E-state index contributed by atoms with van der Waals surface area (Å²) in [5.41, 5.74) is 1.45. The molecule has 0 saturated carbocycles. The summed E-state index contributed by atoms with van der Waals surface area (Å²) in [4.78, 5) is 8.61. The number of hydrogen-bond acceptors (Lipinski definition) is 5. The van der Waals surface area contributed by atoms with Gasteiger partial charge in [0.05, 0.1) is 23.5 Å². The minimum absolute atomic E-state index is 0.402. The van der Waals surface area contributed by atoms with Gasteiger partial charge >= 0.3 is 0 Å². The second-order valence-electron chi connectivity index (χ2n) is 4.84. The van der Waals surface area contributed by atoms with E-state index in [-0.39, 0.29) is 0 Å². The number of hydrogen-bond donors (Lipinski definition) is 2. The summed E-state index contributed by atoms with van der Waals surface area (Å²) in [6.07, 6.45) is 1.64. The molecule has 0 saturated heterocycles. The molecule has 0 aliphatic heterocycles. The van der Waals surface area contributed by atoms with Crippen molar-refractivity contribution in [1.29, 1.82) is 0 Å². The zero-order chi connectivity index (χ0) is 16.9. The second kappa shape index (κ2) is 7.38. The molecular weight excluding hydrogens is 347 g/mol. The molecule has 7 heteroatoms. The van der Waals surface area contributed by atoms with Crippen molar-refractivity contribution < 1.29 is 4.74 Å². The third kappa shape index (κ3) is 3.88. The Bertz CT molecular complexity index is 857. The van der Waals surface area contributed by atoms with Crippen LogP contribution in [0.1, 0.15) is 0 Å². The molecule has 0 radical (unpaired) electrons. The van der Waals surface area contributed by atoms with Crippen LogP contribution >= 0.6 is 23.2 Å². The van der Waals surface area contributed by atoms with Crippen molar-refractivity contribution in [3.8, 4) is 5.75 Å². The zero-order valence-corrected chi connectivity index (χ0v) is 14.3. The standard InChI is InChI=1S/C17H14Cl2N4O/c1-24-15-5-3-2-4-13(15)21-16-8-9-20-17(23-16)22-14-10-11(18)6-7-12(14)19/h2-10H,1H3,(H2,20,21,22,23). The Kier molecular flexibility index (Phi) is 5.03. The molecule has 0 spiro atoms. The van der Waals surface area contributed by atoms with Crippen molar-refractivity contribution >= 4 is 46.3 Å². The van der Waals surface area contributed by atoms with E-state index >= 15 is 0 Å². The molecule has 3 aromatic rings. The number of rotatable bonds is 5. The van der Waals surface area contributed by atoms with E-state index in [4.69, 9.17) is 27.9 Å². The average molecular weight is 361 g/mol. The lowest BCUT2D eigenvalue weighted by molar-refractivity contribution is 0.417. The molecule has 2 aromatic carbocycles. The van der Waals surface area contributed by atoms with Gasteiger partial charge < -0.3 is 15.4 Å². The highest BCUT2D eigenvalue weighted by Crippen LogP contribution is 2.29. The van der Waals surface area contributed by atoms with Gasteiger partial charge in [-0.2, -0.15) is 4.98 Å². The van der Waals surface area contributed by atoms with Gasteiger partial charge in [-0.15, -0.1) is 0 Å². The van der Waals surface area contributed by atoms with Gasteiger partial charge in [0.2, 0.25) is 5.95 Å². The first kappa shape index (κ1) is 16.4. The Morgan fingerprint density at radius 3 is 2.62 bits per heavy atom. The van der Waals surface area contributed by atoms with E-state index in [0.29, 0.717) is 27.5 Å². The summed E-state index contributed by atoms with van der Waals surface area (Å²) >= 11 is 12.1. The normalized spacial score (nSPS) is 10.3. The Balaban J connectivity index is 1.83. The maximum Gasteiger partial charge on any atom is 0.229 e. The van der Waals surface area contributed by atoms with E-state index in [2.05, 4.69) is 20.6 Å². The molecule has 1 aromatic heterocycles. The smallest absolute Gasteiger partial charge is 0.229 e. The largest absolute Gasteiger partial charge is 0.495 e. The number of para-hydroxylation sites is 2. The summed E-state index contributed by atoms with van der Waals surface area (Å²) in [5, 5.41) is 7.37. The number of anilines is 4. The van der Waals surface area contributed by atoms with Crippen molar-refractivity contribution in [2.24, 2.45) is 0 Å². The van der Waals surface area contributed by atoms with E-state index in [1.54, 1.807) is 37.6 Å². The third-order valence-electron chi connectivity index (χ3n) is 3.20. The number of halogens is 2. The first-order chi connectivity index (χ1) is 11.7. The molecule has 2 N–H and O–H groups in total. The van der Waals surface area contributed by atoms with Crippen LogP contribution in [0.3, 0.4) is 0 Å². The molecule has 0 fully saturated rings. The highest BCUT2D eigenvalue weighted by Gasteiger charge is 2.07. The van der Waals surface area contributed by atoms with E-state index in [1.807, 2.05) is 24.3 Å². The average Bonchev–Trinajstić information content (AvgIpc) is 2.59. The topological polar surface area (TPSA) is 59.1 Å². The number of nitrogens with one attached hydrogen (secondary N) is 2. The maximum absolute atomic E-state index is 6.15. The monoisotopic (exact) mass is 360 g/mol. The fraction of sp³-hybridized carbons (Fsp3) is 0.0588. The highest BCUT2D eigenvalue weighted by molar-refractivity contribution is 6.35. The highest BCUT2D eigenvalue weighted by atomic mass is 35.5. The van der Waals surface area contributed by atoms with Gasteiger partial charge in [-0.1, -0.05) is 35.3 Å². The van der Waals surface area contributed by atoms with E-state index in [1.165, 1.54) is 0 Å². The Hall–Kier alpha value is -2.50. The van der Waals surface area contributed by atoms with Gasteiger partial charge in [0.15, 0.2) is 0 Å². The molecule has 1 heterocycles. The van der Waals surface area contributed by atoms with Gasteiger partial charge in [-0.25, -0.2) is 4.98 Å². The van der Waals surface area contributed by atoms with Crippen molar-refractivity contribution in [2.45, 2.75) is 0 Å². The van der Waals surface area contributed by atoms with Crippen LogP contribution in [0.5, 0.6) is 5.75 Å². The molecule has 5 nitrogen and oxygen atoms in total. The van der Waals surface area contributed by atoms with E-state index < -0.39 is 0 Å². The molecule has 0 bridgehead atoms. The van der Waals surface area contributed by atoms with Crippen LogP contribution < -0.4 is 15.4 Å². The molecule has 24 heavy (non-hydrogen) atoms. The van der Waals surface area contributed by atoms with Gasteiger partial charge in [-0.3, -0.25) is 0 Å². The van der Waals surface area contributed by atoms with Crippen molar-refractivity contribution in [3.63, 3.8) is 0 Å². The summed E-state index contributed by atoms with van der Waals surface area (Å²) in [7, 11) is 1.62. The summed E-state index contributed by atoms with van der Waals surface area (Å²) in [5.74, 6) is 1.75. The molecule has 0 aliphatic carbocycles. The minimum atomic E-state index is 0.402. The second-order valence-corrected chi connectivity index (χ2v) is 5.68. The number of aromatic nitrogens is 2. The fourth-order valence-corrected chi connectivity index (χ4v) is 2.43. The predicted octanol–water partition coefficient (Wildman–Crippen LogP) is 5.28. The lowest BCUT2D eigenvalue weighted by atomic mass is 10.3. The molecular formula is C17H14Cl2N4O. The van der Waals surface area contributed by atoms with Gasteiger partial charge in [0, 0.05) is 11.2 Å². The molecule has 0 aliphatic rings. The fourth-order valence-electron chi connectivity index (χ4n) is 2.09. The molecule has 0 atom stereocenters. The minimum Gasteiger partial charge on any atom is -0.495 e. The van der Waals surface area contributed by atoms with Crippen LogP contribution in [-0.2, 0) is 0 Å². The third-order valence-corrected chi connectivity index (χ3v) is 3.76. The van der Waals surface area contributed by atoms with Gasteiger partial charge in [0.1, 0.15) is 11.6 Å². The summed E-state index contributed by atoms with van der Waals surface area (Å²) < 4.78 is 5.32. The lowest BCUT2D eigenvalue weighted by Crippen LogP contribution is -2.01. The number of benzene rings is 2. The summed E-state index contributed by atoms with van der Waals surface area (Å²) in [6, 6.07) is 14.5. The Morgan fingerprint density at radius 1 is 0.958 bits per heavy atom. The lowest BCUT2D eigenvalue weighted by Gasteiger charge is -2.12. The zero-order valence-electron chi connectivity index (χ0n) is 12.8. The van der Waals surface area contributed by atoms with E-state index in [0.717, 1.165) is 11.4 Å². The number of ether oxygens (including phenoxy) is 1. The molecule has 122 valence electrons. The van der Waals surface area contributed by atoms with Crippen LogP contribution in [0.2, 0.25) is 10.0 Å². The van der Waals surface area contributed by atoms with Crippen molar-refractivity contribution in [2.75, 3.05) is 17.7 Å². The number of methoxy groups -OCH3 is 1. The molecule has 0 unspecified atom stereocenters. The first-order valence-corrected chi connectivity index (χ1v) is 7.86. The van der Waals surface area contributed by atoms with Crippen LogP contribution in [0, 0.1) is 0 Å². The molecule has 3 rings (SSSR count). The summed E-state index contributed by atoms with van der Waals surface area (Å²) in [6.45, 7) is 0. The van der Waals surface area contributed by atoms with Crippen LogP contribution in [0.15, 0.2) is 54.7 Å². The quantitative estimate of drug-likeness (QED) is 0.648. The predicted molar refractivity (Wildman–Crippen MR) is 98.1 cm³/mol.